The van der Waals surface area contributed by atoms with Crippen LogP contribution in [-0.4, -0.2) is 38.5 Å². The molecule has 16 heavy (non-hydrogen) atoms. The number of benzene rings is 1. The zero-order chi connectivity index (χ0) is 12.3. The molecule has 0 amide bonds. The van der Waals surface area contributed by atoms with Gasteiger partial charge in [0.1, 0.15) is 0 Å². The molecule has 0 aliphatic carbocycles. The normalized spacial score (nSPS) is 16.1. The second-order valence-corrected chi connectivity index (χ2v) is 3.18. The van der Waals surface area contributed by atoms with Crippen LogP contribution in [0.1, 0.15) is 5.56 Å². The Morgan fingerprint density at radius 3 is 2.00 bits per heavy atom. The summed E-state index contributed by atoms with van der Waals surface area (Å²) in [4.78, 5) is 21.4. The zero-order valence-electron chi connectivity index (χ0n) is 8.07. The average Bonchev–Trinajstić information content (AvgIpc) is 2.27. The third-order valence-electron chi connectivity index (χ3n) is 2.17. The maximum Gasteiger partial charge on any atom is 0.343 e. The average molecular weight is 226 g/mol. The van der Waals surface area contributed by atoms with Crippen molar-refractivity contribution in [1.29, 1.82) is 0 Å². The van der Waals surface area contributed by atoms with Crippen LogP contribution >= 0.6 is 0 Å². The number of carbonyl (C=O) groups is 2. The number of aliphatic hydroxyl groups excluding tert-OH is 1. The number of aliphatic carboxylic acids is 2. The van der Waals surface area contributed by atoms with Gasteiger partial charge in [0.05, 0.1) is 0 Å². The summed E-state index contributed by atoms with van der Waals surface area (Å²) in [5, 5.41) is 36.4. The first-order valence-electron chi connectivity index (χ1n) is 4.33. The molecule has 2 unspecified atom stereocenters. The van der Waals surface area contributed by atoms with Crippen molar-refractivity contribution in [2.75, 3.05) is 0 Å². The van der Waals surface area contributed by atoms with E-state index in [0.717, 1.165) is 0 Å². The Labute approximate surface area is 90.4 Å². The molecule has 0 aromatic heterocycles. The third kappa shape index (κ3) is 1.88. The van der Waals surface area contributed by atoms with Gasteiger partial charge in [-0.1, -0.05) is 30.3 Å². The molecule has 0 saturated heterocycles. The SMILES string of the molecule is O=C(O)C(O)C(O)(C(=O)O)c1ccccc1. The Kier molecular flexibility index (Phi) is 3.26. The summed E-state index contributed by atoms with van der Waals surface area (Å²) in [5.74, 6) is -3.64. The Morgan fingerprint density at radius 2 is 1.62 bits per heavy atom. The number of carboxylic acid groups (broad SMARTS) is 2. The number of carboxylic acids is 2. The first kappa shape index (κ1) is 12.2. The molecule has 6 nitrogen and oxygen atoms in total. The van der Waals surface area contributed by atoms with E-state index in [1.54, 1.807) is 6.07 Å². The number of aliphatic hydroxyl groups is 2. The highest BCUT2D eigenvalue weighted by Gasteiger charge is 2.49. The summed E-state index contributed by atoms with van der Waals surface area (Å²) >= 11 is 0. The molecule has 6 heteroatoms. The van der Waals surface area contributed by atoms with Crippen LogP contribution in [0.15, 0.2) is 30.3 Å². The molecular weight excluding hydrogens is 216 g/mol. The first-order valence-corrected chi connectivity index (χ1v) is 4.33. The van der Waals surface area contributed by atoms with Crippen molar-refractivity contribution in [3.05, 3.63) is 35.9 Å². The van der Waals surface area contributed by atoms with Crippen molar-refractivity contribution < 1.29 is 30.0 Å². The molecule has 86 valence electrons. The van der Waals surface area contributed by atoms with E-state index < -0.39 is 23.6 Å². The summed E-state index contributed by atoms with van der Waals surface area (Å²) in [6, 6.07) is 6.87. The predicted octanol–water partition coefficient (Wildman–Crippen LogP) is -0.596. The molecule has 0 spiro atoms. The predicted molar refractivity (Wildman–Crippen MR) is 51.6 cm³/mol. The van der Waals surface area contributed by atoms with Gasteiger partial charge in [0.15, 0.2) is 6.10 Å². The third-order valence-corrected chi connectivity index (χ3v) is 2.17. The Hall–Kier alpha value is -1.92. The quantitative estimate of drug-likeness (QED) is 0.545. The fourth-order valence-electron chi connectivity index (χ4n) is 1.27. The smallest absolute Gasteiger partial charge is 0.343 e. The summed E-state index contributed by atoms with van der Waals surface area (Å²) in [5.41, 5.74) is -3.05. The molecule has 0 aliphatic heterocycles. The summed E-state index contributed by atoms with van der Waals surface area (Å²) < 4.78 is 0. The van der Waals surface area contributed by atoms with Crippen molar-refractivity contribution in [2.24, 2.45) is 0 Å². The molecule has 0 bridgehead atoms. The second-order valence-electron chi connectivity index (χ2n) is 3.18. The highest BCUT2D eigenvalue weighted by Crippen LogP contribution is 2.25. The lowest BCUT2D eigenvalue weighted by Gasteiger charge is -2.26. The fraction of sp³-hybridized carbons (Fsp3) is 0.200. The molecule has 1 aromatic carbocycles. The molecular formula is C10H10O6. The van der Waals surface area contributed by atoms with Gasteiger partial charge >= 0.3 is 11.9 Å². The number of hydrogen-bond acceptors (Lipinski definition) is 4. The van der Waals surface area contributed by atoms with Crippen LogP contribution in [-0.2, 0) is 15.2 Å². The molecule has 4 N–H and O–H groups in total. The van der Waals surface area contributed by atoms with Crippen molar-refractivity contribution in [3.63, 3.8) is 0 Å². The van der Waals surface area contributed by atoms with E-state index in [-0.39, 0.29) is 5.56 Å². The molecule has 0 heterocycles. The van der Waals surface area contributed by atoms with E-state index >= 15 is 0 Å². The van der Waals surface area contributed by atoms with E-state index in [4.69, 9.17) is 10.2 Å². The Morgan fingerprint density at radius 1 is 1.12 bits per heavy atom. The Balaban J connectivity index is 3.28. The van der Waals surface area contributed by atoms with Crippen molar-refractivity contribution in [1.82, 2.24) is 0 Å². The van der Waals surface area contributed by atoms with E-state index in [0.29, 0.717) is 0 Å². The molecule has 1 aromatic rings. The summed E-state index contributed by atoms with van der Waals surface area (Å²) in [6.45, 7) is 0. The van der Waals surface area contributed by atoms with E-state index in [1.807, 2.05) is 0 Å². The number of hydrogen-bond donors (Lipinski definition) is 4. The zero-order valence-corrected chi connectivity index (χ0v) is 8.07. The van der Waals surface area contributed by atoms with Crippen LogP contribution in [0.5, 0.6) is 0 Å². The van der Waals surface area contributed by atoms with Gasteiger partial charge < -0.3 is 20.4 Å². The van der Waals surface area contributed by atoms with Gasteiger partial charge in [0, 0.05) is 0 Å². The lowest BCUT2D eigenvalue weighted by Crippen LogP contribution is -2.50. The molecule has 2 atom stereocenters. The van der Waals surface area contributed by atoms with Gasteiger partial charge in [-0.05, 0) is 5.56 Å². The highest BCUT2D eigenvalue weighted by molar-refractivity contribution is 5.88. The molecule has 0 aliphatic rings. The lowest BCUT2D eigenvalue weighted by molar-refractivity contribution is -0.185. The number of rotatable bonds is 4. The van der Waals surface area contributed by atoms with Crippen LogP contribution in [0.2, 0.25) is 0 Å². The van der Waals surface area contributed by atoms with Crippen molar-refractivity contribution in [2.45, 2.75) is 11.7 Å². The van der Waals surface area contributed by atoms with Crippen LogP contribution in [0.4, 0.5) is 0 Å². The van der Waals surface area contributed by atoms with Gasteiger partial charge in [0.2, 0.25) is 5.60 Å². The van der Waals surface area contributed by atoms with E-state index in [2.05, 4.69) is 0 Å². The molecule has 0 fully saturated rings. The first-order chi connectivity index (χ1) is 7.40. The molecule has 0 saturated carbocycles. The molecule has 1 rings (SSSR count). The lowest BCUT2D eigenvalue weighted by atomic mass is 9.88. The van der Waals surface area contributed by atoms with Crippen LogP contribution in [0.3, 0.4) is 0 Å². The van der Waals surface area contributed by atoms with Crippen LogP contribution < -0.4 is 0 Å². The monoisotopic (exact) mass is 226 g/mol. The molecule has 0 radical (unpaired) electrons. The minimum Gasteiger partial charge on any atom is -0.479 e. The van der Waals surface area contributed by atoms with Crippen LogP contribution in [0.25, 0.3) is 0 Å². The summed E-state index contributed by atoms with van der Waals surface area (Å²) in [6.07, 6.45) is -2.44. The topological polar surface area (TPSA) is 115 Å². The fourth-order valence-corrected chi connectivity index (χ4v) is 1.27. The maximum absolute atomic E-state index is 10.9. The van der Waals surface area contributed by atoms with E-state index in [1.165, 1.54) is 24.3 Å². The van der Waals surface area contributed by atoms with Crippen molar-refractivity contribution >= 4 is 11.9 Å². The van der Waals surface area contributed by atoms with Gasteiger partial charge in [-0.3, -0.25) is 0 Å². The van der Waals surface area contributed by atoms with Gasteiger partial charge in [-0.2, -0.15) is 0 Å². The summed E-state index contributed by atoms with van der Waals surface area (Å²) in [7, 11) is 0. The largest absolute Gasteiger partial charge is 0.479 e. The minimum absolute atomic E-state index is 0.197. The van der Waals surface area contributed by atoms with E-state index in [9.17, 15) is 19.8 Å². The van der Waals surface area contributed by atoms with Gasteiger partial charge in [-0.25, -0.2) is 9.59 Å². The standard InChI is InChI=1S/C10H10O6/c11-7(8(12)13)10(16,9(14)15)6-4-2-1-3-5-6/h1-5,7,11,16H,(H,12,13)(H,14,15). The minimum atomic E-state index is -2.85. The maximum atomic E-state index is 10.9. The van der Waals surface area contributed by atoms with Crippen molar-refractivity contribution in [3.8, 4) is 0 Å². The highest BCUT2D eigenvalue weighted by atomic mass is 16.4. The van der Waals surface area contributed by atoms with Gasteiger partial charge in [0.25, 0.3) is 0 Å². The second kappa shape index (κ2) is 4.30. The van der Waals surface area contributed by atoms with Crippen LogP contribution in [0, 0.1) is 0 Å². The Bertz CT molecular complexity index is 401. The van der Waals surface area contributed by atoms with Gasteiger partial charge in [-0.15, -0.1) is 0 Å².